The topological polar surface area (TPSA) is 42.2 Å². The lowest BCUT2D eigenvalue weighted by Gasteiger charge is -2.33. The summed E-state index contributed by atoms with van der Waals surface area (Å²) in [7, 11) is 0. The van der Waals surface area contributed by atoms with Crippen LogP contribution in [0.2, 0.25) is 0 Å². The van der Waals surface area contributed by atoms with E-state index in [4.69, 9.17) is 4.42 Å². The minimum absolute atomic E-state index is 0.233. The van der Waals surface area contributed by atoms with Gasteiger partial charge in [-0.3, -0.25) is 4.79 Å². The van der Waals surface area contributed by atoms with Gasteiger partial charge in [0.1, 0.15) is 5.76 Å². The Morgan fingerprint density at radius 1 is 1.60 bits per heavy atom. The fourth-order valence-electron chi connectivity index (χ4n) is 2.06. The van der Waals surface area contributed by atoms with Gasteiger partial charge in [-0.15, -0.1) is 0 Å². The fraction of sp³-hybridized carbons (Fsp3) is 0.583. The van der Waals surface area contributed by atoms with Crippen LogP contribution in [0.3, 0.4) is 0 Å². The molecule has 2 rings (SSSR count). The van der Waals surface area contributed by atoms with Crippen molar-refractivity contribution in [3.63, 3.8) is 0 Å². The third-order valence-corrected chi connectivity index (χ3v) is 3.15. The molecule has 1 aliphatic heterocycles. The number of rotatable bonds is 3. The number of furan rings is 1. The third-order valence-electron chi connectivity index (χ3n) is 3.15. The Bertz CT molecular complexity index is 323. The summed E-state index contributed by atoms with van der Waals surface area (Å²) in [5, 5.41) is 3.32. The molecule has 0 saturated carbocycles. The van der Waals surface area contributed by atoms with Crippen molar-refractivity contribution in [2.24, 2.45) is 0 Å². The molecular formula is C12H17NO2. The number of carbonyl (C=O) groups is 1. The van der Waals surface area contributed by atoms with Crippen LogP contribution < -0.4 is 5.32 Å². The zero-order valence-electron chi connectivity index (χ0n) is 9.08. The highest BCUT2D eigenvalue weighted by Crippen LogP contribution is 2.21. The first-order valence-corrected chi connectivity index (χ1v) is 5.51. The number of hydrogen-bond acceptors (Lipinski definition) is 3. The van der Waals surface area contributed by atoms with Crippen LogP contribution in [0.5, 0.6) is 0 Å². The molecule has 1 saturated heterocycles. The summed E-state index contributed by atoms with van der Waals surface area (Å²) >= 11 is 0. The van der Waals surface area contributed by atoms with Crippen molar-refractivity contribution in [2.45, 2.75) is 38.1 Å². The van der Waals surface area contributed by atoms with E-state index in [9.17, 15) is 4.79 Å². The summed E-state index contributed by atoms with van der Waals surface area (Å²) in [4.78, 5) is 12.1. The third kappa shape index (κ3) is 2.29. The van der Waals surface area contributed by atoms with Crippen molar-refractivity contribution in [2.75, 3.05) is 6.54 Å². The molecule has 1 N–H and O–H groups in total. The van der Waals surface area contributed by atoms with Crippen molar-refractivity contribution in [1.29, 1.82) is 0 Å². The summed E-state index contributed by atoms with van der Waals surface area (Å²) in [6.07, 6.45) is 5.25. The maximum Gasteiger partial charge on any atom is 0.160 e. The highest BCUT2D eigenvalue weighted by molar-refractivity contribution is 5.89. The Kier molecular flexibility index (Phi) is 2.91. The standard InChI is InChI=1S/C12H17NO2/c1-12(6-2-3-7-13-12)11(14)9-10-5-4-8-15-10/h4-5,8,13H,2-3,6-7,9H2,1H3. The lowest BCUT2D eigenvalue weighted by Crippen LogP contribution is -2.52. The van der Waals surface area contributed by atoms with Crippen molar-refractivity contribution >= 4 is 5.78 Å². The minimum Gasteiger partial charge on any atom is -0.469 e. The largest absolute Gasteiger partial charge is 0.469 e. The number of hydrogen-bond donors (Lipinski definition) is 1. The Labute approximate surface area is 89.9 Å². The minimum atomic E-state index is -0.342. The maximum absolute atomic E-state index is 12.1. The second kappa shape index (κ2) is 4.19. The summed E-state index contributed by atoms with van der Waals surface area (Å²) in [5.41, 5.74) is -0.342. The van der Waals surface area contributed by atoms with E-state index in [1.165, 1.54) is 6.42 Å². The maximum atomic E-state index is 12.1. The Morgan fingerprint density at radius 2 is 2.47 bits per heavy atom. The quantitative estimate of drug-likeness (QED) is 0.823. The van der Waals surface area contributed by atoms with Gasteiger partial charge in [-0.1, -0.05) is 0 Å². The van der Waals surface area contributed by atoms with Crippen LogP contribution in [0, 0.1) is 0 Å². The molecule has 0 amide bonds. The summed E-state index contributed by atoms with van der Waals surface area (Å²) in [5.74, 6) is 0.991. The zero-order chi connectivity index (χ0) is 10.7. The molecule has 1 fully saturated rings. The van der Waals surface area contributed by atoms with E-state index in [1.54, 1.807) is 6.26 Å². The molecule has 2 heterocycles. The van der Waals surface area contributed by atoms with Crippen molar-refractivity contribution in [3.05, 3.63) is 24.2 Å². The van der Waals surface area contributed by atoms with Gasteiger partial charge >= 0.3 is 0 Å². The van der Waals surface area contributed by atoms with Crippen molar-refractivity contribution < 1.29 is 9.21 Å². The molecule has 15 heavy (non-hydrogen) atoms. The van der Waals surface area contributed by atoms with Gasteiger partial charge in [-0.25, -0.2) is 0 Å². The Morgan fingerprint density at radius 3 is 3.07 bits per heavy atom. The molecule has 0 radical (unpaired) electrons. The van der Waals surface area contributed by atoms with Crippen LogP contribution in [0.4, 0.5) is 0 Å². The number of ketones is 1. The van der Waals surface area contributed by atoms with Gasteiger partial charge in [-0.05, 0) is 44.9 Å². The lowest BCUT2D eigenvalue weighted by molar-refractivity contribution is -0.125. The number of nitrogens with one attached hydrogen (secondary N) is 1. The number of piperidine rings is 1. The average molecular weight is 207 g/mol. The van der Waals surface area contributed by atoms with Crippen LogP contribution in [-0.4, -0.2) is 17.9 Å². The first-order chi connectivity index (χ1) is 7.21. The van der Waals surface area contributed by atoms with E-state index in [0.717, 1.165) is 25.1 Å². The predicted octanol–water partition coefficient (Wildman–Crippen LogP) is 1.92. The van der Waals surface area contributed by atoms with Gasteiger partial charge in [0, 0.05) is 0 Å². The summed E-state index contributed by atoms with van der Waals surface area (Å²) in [6.45, 7) is 2.94. The first-order valence-electron chi connectivity index (χ1n) is 5.51. The van der Waals surface area contributed by atoms with Gasteiger partial charge in [0.15, 0.2) is 5.78 Å². The van der Waals surface area contributed by atoms with E-state index in [0.29, 0.717) is 6.42 Å². The molecule has 1 unspecified atom stereocenters. The van der Waals surface area contributed by atoms with Gasteiger partial charge in [0.05, 0.1) is 18.2 Å². The molecule has 1 aromatic rings. The second-order valence-electron chi connectivity index (χ2n) is 4.40. The molecule has 3 heteroatoms. The molecule has 3 nitrogen and oxygen atoms in total. The molecule has 1 aromatic heterocycles. The van der Waals surface area contributed by atoms with Crippen LogP contribution in [0.1, 0.15) is 31.9 Å². The van der Waals surface area contributed by atoms with Gasteiger partial charge in [-0.2, -0.15) is 0 Å². The Balaban J connectivity index is 2.00. The summed E-state index contributed by atoms with van der Waals surface area (Å²) in [6, 6.07) is 3.67. The smallest absolute Gasteiger partial charge is 0.160 e. The molecule has 0 spiro atoms. The average Bonchev–Trinajstić information content (AvgIpc) is 2.71. The van der Waals surface area contributed by atoms with E-state index in [1.807, 2.05) is 19.1 Å². The summed E-state index contributed by atoms with van der Waals surface area (Å²) < 4.78 is 5.19. The SMILES string of the molecule is CC1(C(=O)Cc2ccco2)CCCCN1. The highest BCUT2D eigenvalue weighted by Gasteiger charge is 2.33. The van der Waals surface area contributed by atoms with Crippen LogP contribution in [-0.2, 0) is 11.2 Å². The highest BCUT2D eigenvalue weighted by atomic mass is 16.3. The van der Waals surface area contributed by atoms with E-state index < -0.39 is 0 Å². The van der Waals surface area contributed by atoms with Crippen LogP contribution in [0.25, 0.3) is 0 Å². The molecule has 0 aromatic carbocycles. The molecule has 0 aliphatic carbocycles. The lowest BCUT2D eigenvalue weighted by atomic mass is 9.85. The zero-order valence-corrected chi connectivity index (χ0v) is 9.08. The van der Waals surface area contributed by atoms with E-state index in [2.05, 4.69) is 5.32 Å². The molecule has 1 atom stereocenters. The normalized spacial score (nSPS) is 26.5. The Hall–Kier alpha value is -1.09. The van der Waals surface area contributed by atoms with Gasteiger partial charge in [0.25, 0.3) is 0 Å². The molecule has 0 bridgehead atoms. The van der Waals surface area contributed by atoms with Crippen LogP contribution in [0.15, 0.2) is 22.8 Å². The van der Waals surface area contributed by atoms with Gasteiger partial charge in [0.2, 0.25) is 0 Å². The first kappa shape index (κ1) is 10.4. The molecular weight excluding hydrogens is 190 g/mol. The van der Waals surface area contributed by atoms with Crippen molar-refractivity contribution in [3.8, 4) is 0 Å². The fourth-order valence-corrected chi connectivity index (χ4v) is 2.06. The van der Waals surface area contributed by atoms with E-state index in [-0.39, 0.29) is 11.3 Å². The predicted molar refractivity (Wildman–Crippen MR) is 57.7 cm³/mol. The monoisotopic (exact) mass is 207 g/mol. The van der Waals surface area contributed by atoms with E-state index >= 15 is 0 Å². The molecule has 1 aliphatic rings. The van der Waals surface area contributed by atoms with Crippen LogP contribution >= 0.6 is 0 Å². The molecule has 82 valence electrons. The second-order valence-corrected chi connectivity index (χ2v) is 4.40. The number of Topliss-reactive ketones (excluding diaryl/α,β-unsaturated/α-hetero) is 1. The van der Waals surface area contributed by atoms with Crippen molar-refractivity contribution in [1.82, 2.24) is 5.32 Å². The van der Waals surface area contributed by atoms with Gasteiger partial charge < -0.3 is 9.73 Å². The number of carbonyl (C=O) groups excluding carboxylic acids is 1.